The molecule has 84 valence electrons. The van der Waals surface area contributed by atoms with Crippen LogP contribution in [0.2, 0.25) is 0 Å². The van der Waals surface area contributed by atoms with E-state index in [1.807, 2.05) is 13.8 Å². The number of carbonyl (C=O) groups is 1. The van der Waals surface area contributed by atoms with Crippen LogP contribution in [0.25, 0.3) is 0 Å². The molecule has 0 aromatic heterocycles. The zero-order chi connectivity index (χ0) is 11.0. The molecule has 1 unspecified atom stereocenters. The molecule has 0 fully saturated rings. The first-order chi connectivity index (χ1) is 6.52. The number of aliphatic hydroxyl groups is 1. The zero-order valence-corrected chi connectivity index (χ0v) is 9.30. The Morgan fingerprint density at radius 3 is 2.64 bits per heavy atom. The summed E-state index contributed by atoms with van der Waals surface area (Å²) in [4.78, 5) is 11.2. The molecule has 1 atom stereocenters. The van der Waals surface area contributed by atoms with Crippen LogP contribution in [0.5, 0.6) is 0 Å². The van der Waals surface area contributed by atoms with Gasteiger partial charge in [-0.1, -0.05) is 6.92 Å². The van der Waals surface area contributed by atoms with E-state index in [1.165, 1.54) is 0 Å². The fourth-order valence-electron chi connectivity index (χ4n) is 0.812. The summed E-state index contributed by atoms with van der Waals surface area (Å²) in [5.74, 6) is -0.0767. The molecule has 0 heterocycles. The summed E-state index contributed by atoms with van der Waals surface area (Å²) < 4.78 is 5.04. The minimum atomic E-state index is -0.804. The summed E-state index contributed by atoms with van der Waals surface area (Å²) in [5.41, 5.74) is -0.804. The van der Waals surface area contributed by atoms with Gasteiger partial charge in [0.25, 0.3) is 0 Å². The molecule has 0 aliphatic rings. The first-order valence-corrected chi connectivity index (χ1v) is 5.08. The van der Waals surface area contributed by atoms with E-state index in [4.69, 9.17) is 4.74 Å². The number of hydrogen-bond donors (Lipinski definition) is 2. The maximum atomic E-state index is 11.2. The van der Waals surface area contributed by atoms with Crippen LogP contribution in [0.15, 0.2) is 0 Å². The molecular weight excluding hydrogens is 182 g/mol. The van der Waals surface area contributed by atoms with Crippen molar-refractivity contribution in [2.45, 2.75) is 39.2 Å². The zero-order valence-electron chi connectivity index (χ0n) is 9.30. The van der Waals surface area contributed by atoms with Crippen molar-refractivity contribution in [3.05, 3.63) is 0 Å². The quantitative estimate of drug-likeness (QED) is 0.598. The van der Waals surface area contributed by atoms with Gasteiger partial charge < -0.3 is 15.2 Å². The lowest BCUT2D eigenvalue weighted by atomic mass is 10.0. The van der Waals surface area contributed by atoms with Gasteiger partial charge in [-0.3, -0.25) is 4.79 Å². The van der Waals surface area contributed by atoms with Gasteiger partial charge in [-0.2, -0.15) is 0 Å². The van der Waals surface area contributed by atoms with Crippen LogP contribution in [0.4, 0.5) is 0 Å². The van der Waals surface area contributed by atoms with Gasteiger partial charge in [0.15, 0.2) is 0 Å². The molecule has 1 amide bonds. The normalized spacial score (nSPS) is 14.9. The first-order valence-electron chi connectivity index (χ1n) is 5.08. The van der Waals surface area contributed by atoms with Gasteiger partial charge in [-0.15, -0.1) is 0 Å². The molecule has 4 heteroatoms. The largest absolute Gasteiger partial charge is 0.388 e. The highest BCUT2D eigenvalue weighted by Gasteiger charge is 2.17. The number of ether oxygens (including phenoxy) is 1. The minimum Gasteiger partial charge on any atom is -0.388 e. The fourth-order valence-corrected chi connectivity index (χ4v) is 0.812. The summed E-state index contributed by atoms with van der Waals surface area (Å²) >= 11 is 0. The molecule has 0 spiro atoms. The van der Waals surface area contributed by atoms with E-state index in [-0.39, 0.29) is 5.91 Å². The molecular formula is C10H21NO3. The van der Waals surface area contributed by atoms with Crippen molar-refractivity contribution in [1.82, 2.24) is 5.32 Å². The second-order valence-electron chi connectivity index (χ2n) is 3.57. The van der Waals surface area contributed by atoms with Crippen molar-refractivity contribution in [2.75, 3.05) is 19.8 Å². The molecule has 0 saturated heterocycles. The molecule has 4 nitrogen and oxygen atoms in total. The Labute approximate surface area is 85.6 Å². The Hall–Kier alpha value is -0.610. The van der Waals surface area contributed by atoms with E-state index < -0.39 is 5.60 Å². The summed E-state index contributed by atoms with van der Waals surface area (Å²) in [7, 11) is 0. The van der Waals surface area contributed by atoms with Gasteiger partial charge in [0.05, 0.1) is 12.2 Å². The minimum absolute atomic E-state index is 0.0767. The standard InChI is InChI=1S/C10H21NO3/c1-4-10(3,13)8-11-9(12)6-7-14-5-2/h13H,4-8H2,1-3H3,(H,11,12). The Morgan fingerprint density at radius 1 is 1.50 bits per heavy atom. The molecule has 0 radical (unpaired) electrons. The third-order valence-electron chi connectivity index (χ3n) is 2.11. The highest BCUT2D eigenvalue weighted by molar-refractivity contribution is 5.76. The van der Waals surface area contributed by atoms with Gasteiger partial charge in [0, 0.05) is 19.6 Å². The first kappa shape index (κ1) is 13.4. The van der Waals surface area contributed by atoms with Crippen LogP contribution in [-0.4, -0.2) is 36.4 Å². The number of rotatable bonds is 7. The van der Waals surface area contributed by atoms with Crippen LogP contribution in [0.3, 0.4) is 0 Å². The number of nitrogens with one attached hydrogen (secondary N) is 1. The van der Waals surface area contributed by atoms with E-state index in [0.29, 0.717) is 32.6 Å². The van der Waals surface area contributed by atoms with Gasteiger partial charge in [-0.25, -0.2) is 0 Å². The molecule has 2 N–H and O–H groups in total. The second-order valence-corrected chi connectivity index (χ2v) is 3.57. The number of carbonyl (C=O) groups excluding carboxylic acids is 1. The van der Waals surface area contributed by atoms with Crippen molar-refractivity contribution in [3.63, 3.8) is 0 Å². The average molecular weight is 203 g/mol. The Morgan fingerprint density at radius 2 is 2.14 bits per heavy atom. The van der Waals surface area contributed by atoms with E-state index >= 15 is 0 Å². The van der Waals surface area contributed by atoms with Crippen LogP contribution < -0.4 is 5.32 Å². The monoisotopic (exact) mass is 203 g/mol. The van der Waals surface area contributed by atoms with Crippen molar-refractivity contribution in [2.24, 2.45) is 0 Å². The summed E-state index contributed by atoms with van der Waals surface area (Å²) in [6.45, 7) is 6.84. The van der Waals surface area contributed by atoms with Crippen LogP contribution in [0, 0.1) is 0 Å². The molecule has 0 bridgehead atoms. The smallest absolute Gasteiger partial charge is 0.222 e. The van der Waals surface area contributed by atoms with Crippen molar-refractivity contribution in [3.8, 4) is 0 Å². The van der Waals surface area contributed by atoms with Crippen molar-refractivity contribution < 1.29 is 14.6 Å². The maximum absolute atomic E-state index is 11.2. The lowest BCUT2D eigenvalue weighted by Gasteiger charge is -2.21. The second kappa shape index (κ2) is 6.79. The van der Waals surface area contributed by atoms with Gasteiger partial charge >= 0.3 is 0 Å². The van der Waals surface area contributed by atoms with Gasteiger partial charge in [0.2, 0.25) is 5.91 Å². The lowest BCUT2D eigenvalue weighted by molar-refractivity contribution is -0.123. The molecule has 0 aromatic rings. The van der Waals surface area contributed by atoms with Gasteiger partial charge in [-0.05, 0) is 20.3 Å². The van der Waals surface area contributed by atoms with E-state index in [9.17, 15) is 9.90 Å². The third-order valence-corrected chi connectivity index (χ3v) is 2.11. The molecule has 0 aromatic carbocycles. The number of hydrogen-bond acceptors (Lipinski definition) is 3. The molecule has 0 aliphatic heterocycles. The molecule has 14 heavy (non-hydrogen) atoms. The third kappa shape index (κ3) is 6.86. The fraction of sp³-hybridized carbons (Fsp3) is 0.900. The lowest BCUT2D eigenvalue weighted by Crippen LogP contribution is -2.40. The van der Waals surface area contributed by atoms with Gasteiger partial charge in [0.1, 0.15) is 0 Å². The summed E-state index contributed by atoms with van der Waals surface area (Å²) in [5, 5.41) is 12.3. The van der Waals surface area contributed by atoms with E-state index in [2.05, 4.69) is 5.32 Å². The SMILES string of the molecule is CCOCCC(=O)NCC(C)(O)CC. The van der Waals surface area contributed by atoms with Crippen LogP contribution >= 0.6 is 0 Å². The van der Waals surface area contributed by atoms with E-state index in [0.717, 1.165) is 0 Å². The molecule has 0 aliphatic carbocycles. The Kier molecular flexibility index (Phi) is 6.49. The Balaban J connectivity index is 3.53. The topological polar surface area (TPSA) is 58.6 Å². The molecule has 0 rings (SSSR count). The predicted molar refractivity (Wildman–Crippen MR) is 55.0 cm³/mol. The highest BCUT2D eigenvalue weighted by Crippen LogP contribution is 2.05. The average Bonchev–Trinajstić information content (AvgIpc) is 2.16. The Bertz CT molecular complexity index is 169. The number of amides is 1. The van der Waals surface area contributed by atoms with Crippen LogP contribution in [-0.2, 0) is 9.53 Å². The van der Waals surface area contributed by atoms with Crippen molar-refractivity contribution in [1.29, 1.82) is 0 Å². The summed E-state index contributed by atoms with van der Waals surface area (Å²) in [6, 6.07) is 0. The summed E-state index contributed by atoms with van der Waals surface area (Å²) in [6.07, 6.45) is 0.979. The predicted octanol–water partition coefficient (Wildman–Crippen LogP) is 0.690. The molecule has 0 saturated carbocycles. The maximum Gasteiger partial charge on any atom is 0.222 e. The van der Waals surface area contributed by atoms with Crippen molar-refractivity contribution >= 4 is 5.91 Å². The van der Waals surface area contributed by atoms with E-state index in [1.54, 1.807) is 6.92 Å². The van der Waals surface area contributed by atoms with Crippen LogP contribution in [0.1, 0.15) is 33.6 Å². The highest BCUT2D eigenvalue weighted by atomic mass is 16.5.